The summed E-state index contributed by atoms with van der Waals surface area (Å²) in [6.45, 7) is 0. The van der Waals surface area contributed by atoms with Gasteiger partial charge in [0.15, 0.2) is 11.5 Å². The highest BCUT2D eigenvalue weighted by Crippen LogP contribution is 2.30. The van der Waals surface area contributed by atoms with E-state index in [1.807, 2.05) is 0 Å². The summed E-state index contributed by atoms with van der Waals surface area (Å²) in [5.74, 6) is -1.25. The van der Waals surface area contributed by atoms with Gasteiger partial charge in [-0.25, -0.2) is 13.2 Å². The van der Waals surface area contributed by atoms with E-state index in [0.717, 1.165) is 12.1 Å². The highest BCUT2D eigenvalue weighted by atomic mass is 32.2. The minimum absolute atomic E-state index is 0.0206. The molecule has 2 aromatic rings. The number of carboxylic acid groups (broad SMARTS) is 1. The Morgan fingerprint density at radius 1 is 1.04 bits per heavy atom. The van der Waals surface area contributed by atoms with Crippen molar-refractivity contribution in [2.45, 2.75) is 4.90 Å². The minimum Gasteiger partial charge on any atom is -0.507 e. The molecule has 0 aliphatic rings. The Morgan fingerprint density at radius 3 is 2.25 bits per heavy atom. The van der Waals surface area contributed by atoms with Gasteiger partial charge in [-0.3, -0.25) is 4.72 Å². The van der Waals surface area contributed by atoms with Gasteiger partial charge in [0.05, 0.1) is 24.8 Å². The van der Waals surface area contributed by atoms with Crippen LogP contribution in [0, 0.1) is 0 Å². The van der Waals surface area contributed by atoms with Gasteiger partial charge < -0.3 is 19.7 Å². The first-order valence-corrected chi connectivity index (χ1v) is 8.08. The topological polar surface area (TPSA) is 122 Å². The van der Waals surface area contributed by atoms with Crippen molar-refractivity contribution >= 4 is 21.7 Å². The molecular formula is C15H15NO7S. The molecule has 0 aliphatic heterocycles. The van der Waals surface area contributed by atoms with Crippen LogP contribution in [-0.4, -0.2) is 38.8 Å². The maximum atomic E-state index is 12.4. The SMILES string of the molecule is COc1ccc(S(=O)(=O)Nc2ccc(C(=O)O)c(O)c2)cc1OC. The van der Waals surface area contributed by atoms with Gasteiger partial charge in [0, 0.05) is 12.1 Å². The molecule has 2 aromatic carbocycles. The fraction of sp³-hybridized carbons (Fsp3) is 0.133. The Labute approximate surface area is 138 Å². The number of methoxy groups -OCH3 is 2. The first-order valence-electron chi connectivity index (χ1n) is 6.59. The monoisotopic (exact) mass is 353 g/mol. The summed E-state index contributed by atoms with van der Waals surface area (Å²) in [4.78, 5) is 10.8. The van der Waals surface area contributed by atoms with Crippen LogP contribution in [0.1, 0.15) is 10.4 Å². The largest absolute Gasteiger partial charge is 0.507 e. The normalized spacial score (nSPS) is 10.9. The third kappa shape index (κ3) is 3.51. The number of phenols is 1. The van der Waals surface area contributed by atoms with Crippen molar-refractivity contribution in [3.8, 4) is 17.2 Å². The van der Waals surface area contributed by atoms with Crippen molar-refractivity contribution in [3.63, 3.8) is 0 Å². The number of benzene rings is 2. The number of aromatic hydroxyl groups is 1. The van der Waals surface area contributed by atoms with E-state index in [2.05, 4.69) is 4.72 Å². The average Bonchev–Trinajstić information content (AvgIpc) is 2.53. The number of ether oxygens (including phenoxy) is 2. The Bertz CT molecular complexity index is 877. The molecule has 0 saturated carbocycles. The maximum Gasteiger partial charge on any atom is 0.339 e. The van der Waals surface area contributed by atoms with Crippen molar-refractivity contribution in [1.82, 2.24) is 0 Å². The van der Waals surface area contributed by atoms with Crippen LogP contribution in [0.4, 0.5) is 5.69 Å². The molecule has 2 rings (SSSR count). The van der Waals surface area contributed by atoms with E-state index in [1.165, 1.54) is 38.5 Å². The number of rotatable bonds is 6. The number of hydrogen-bond donors (Lipinski definition) is 3. The second-order valence-electron chi connectivity index (χ2n) is 4.66. The van der Waals surface area contributed by atoms with Crippen molar-refractivity contribution in [3.05, 3.63) is 42.0 Å². The molecule has 0 radical (unpaired) electrons. The molecule has 0 aliphatic carbocycles. The third-order valence-corrected chi connectivity index (χ3v) is 4.52. The zero-order valence-corrected chi connectivity index (χ0v) is 13.6. The Balaban J connectivity index is 2.35. The summed E-state index contributed by atoms with van der Waals surface area (Å²) < 4.78 is 37.1. The Kier molecular flexibility index (Phi) is 4.84. The second kappa shape index (κ2) is 6.67. The van der Waals surface area contributed by atoms with Gasteiger partial charge in [-0.2, -0.15) is 0 Å². The molecule has 8 nitrogen and oxygen atoms in total. The summed E-state index contributed by atoms with van der Waals surface area (Å²) in [6.07, 6.45) is 0. The summed E-state index contributed by atoms with van der Waals surface area (Å²) in [5, 5.41) is 18.5. The lowest BCUT2D eigenvalue weighted by Gasteiger charge is -2.12. The van der Waals surface area contributed by atoms with E-state index in [4.69, 9.17) is 14.6 Å². The van der Waals surface area contributed by atoms with E-state index in [1.54, 1.807) is 0 Å². The quantitative estimate of drug-likeness (QED) is 0.725. The lowest BCUT2D eigenvalue weighted by molar-refractivity contribution is 0.0694. The molecule has 0 fully saturated rings. The fourth-order valence-electron chi connectivity index (χ4n) is 1.97. The number of carboxylic acids is 1. The molecule has 9 heteroatoms. The number of sulfonamides is 1. The van der Waals surface area contributed by atoms with Crippen molar-refractivity contribution in [2.75, 3.05) is 18.9 Å². The molecule has 128 valence electrons. The maximum absolute atomic E-state index is 12.4. The van der Waals surface area contributed by atoms with Gasteiger partial charge in [0.25, 0.3) is 10.0 Å². The predicted octanol–water partition coefficient (Wildman–Crippen LogP) is 1.91. The highest BCUT2D eigenvalue weighted by molar-refractivity contribution is 7.92. The van der Waals surface area contributed by atoms with Crippen LogP contribution in [0.2, 0.25) is 0 Å². The number of carbonyl (C=O) groups is 1. The van der Waals surface area contributed by atoms with Gasteiger partial charge in [-0.1, -0.05) is 0 Å². The Morgan fingerprint density at radius 2 is 1.71 bits per heavy atom. The zero-order chi connectivity index (χ0) is 17.9. The van der Waals surface area contributed by atoms with E-state index >= 15 is 0 Å². The lowest BCUT2D eigenvalue weighted by Crippen LogP contribution is -2.13. The predicted molar refractivity (Wildman–Crippen MR) is 85.4 cm³/mol. The van der Waals surface area contributed by atoms with Crippen LogP contribution in [0.3, 0.4) is 0 Å². The molecule has 0 spiro atoms. The third-order valence-electron chi connectivity index (χ3n) is 3.15. The van der Waals surface area contributed by atoms with Gasteiger partial charge in [0.2, 0.25) is 0 Å². The van der Waals surface area contributed by atoms with E-state index in [9.17, 15) is 18.3 Å². The number of aromatic carboxylic acids is 1. The highest BCUT2D eigenvalue weighted by Gasteiger charge is 2.18. The smallest absolute Gasteiger partial charge is 0.339 e. The van der Waals surface area contributed by atoms with Gasteiger partial charge in [-0.05, 0) is 24.3 Å². The van der Waals surface area contributed by atoms with E-state index in [-0.39, 0.29) is 21.9 Å². The molecule has 3 N–H and O–H groups in total. The molecule has 0 atom stereocenters. The molecule has 0 unspecified atom stereocenters. The zero-order valence-electron chi connectivity index (χ0n) is 12.8. The van der Waals surface area contributed by atoms with Crippen LogP contribution in [0.15, 0.2) is 41.3 Å². The van der Waals surface area contributed by atoms with Crippen molar-refractivity contribution < 1.29 is 32.9 Å². The lowest BCUT2D eigenvalue weighted by atomic mass is 10.2. The second-order valence-corrected chi connectivity index (χ2v) is 6.34. The van der Waals surface area contributed by atoms with Crippen LogP contribution in [0.25, 0.3) is 0 Å². The minimum atomic E-state index is -3.96. The van der Waals surface area contributed by atoms with Crippen LogP contribution in [0.5, 0.6) is 17.2 Å². The molecule has 0 aromatic heterocycles. The first kappa shape index (κ1) is 17.4. The van der Waals surface area contributed by atoms with Crippen molar-refractivity contribution in [1.29, 1.82) is 0 Å². The standard InChI is InChI=1S/C15H15NO7S/c1-22-13-6-4-10(8-14(13)23-2)24(20,21)16-9-3-5-11(15(18)19)12(17)7-9/h3-8,16-17H,1-2H3,(H,18,19). The number of anilines is 1. The van der Waals surface area contributed by atoms with Gasteiger partial charge >= 0.3 is 5.97 Å². The molecule has 0 bridgehead atoms. The molecule has 0 amide bonds. The van der Waals surface area contributed by atoms with Gasteiger partial charge in [-0.15, -0.1) is 0 Å². The summed E-state index contributed by atoms with van der Waals surface area (Å²) in [7, 11) is -1.16. The van der Waals surface area contributed by atoms with E-state index < -0.39 is 21.7 Å². The van der Waals surface area contributed by atoms with Crippen molar-refractivity contribution in [2.24, 2.45) is 0 Å². The van der Waals surface area contributed by atoms with Gasteiger partial charge in [0.1, 0.15) is 11.3 Å². The van der Waals surface area contributed by atoms with Crippen LogP contribution in [-0.2, 0) is 10.0 Å². The summed E-state index contributed by atoms with van der Waals surface area (Å²) in [6, 6.07) is 7.41. The first-order chi connectivity index (χ1) is 11.3. The van der Waals surface area contributed by atoms with Crippen LogP contribution >= 0.6 is 0 Å². The fourth-order valence-corrected chi connectivity index (χ4v) is 3.04. The molecule has 0 heterocycles. The summed E-state index contributed by atoms with van der Waals surface area (Å²) in [5.41, 5.74) is -0.309. The van der Waals surface area contributed by atoms with E-state index in [0.29, 0.717) is 5.75 Å². The number of nitrogens with one attached hydrogen (secondary N) is 1. The number of hydrogen-bond acceptors (Lipinski definition) is 6. The Hall–Kier alpha value is -2.94. The average molecular weight is 353 g/mol. The molecule has 0 saturated heterocycles. The molecular weight excluding hydrogens is 338 g/mol. The summed E-state index contributed by atoms with van der Waals surface area (Å²) >= 11 is 0. The van der Waals surface area contributed by atoms with Crippen LogP contribution < -0.4 is 14.2 Å². The molecule has 24 heavy (non-hydrogen) atoms.